The molecule has 3 atom stereocenters. The van der Waals surface area contributed by atoms with Crippen LogP contribution in [0.1, 0.15) is 20.8 Å². The maximum absolute atomic E-state index is 13.2. The third-order valence-corrected chi connectivity index (χ3v) is 8.93. The number of halogens is 4. The van der Waals surface area contributed by atoms with Crippen molar-refractivity contribution in [2.45, 2.75) is 36.3 Å². The highest BCUT2D eigenvalue weighted by molar-refractivity contribution is 14.1. The number of alkyl halides is 1. The van der Waals surface area contributed by atoms with Crippen LogP contribution in [0, 0.1) is 5.41 Å². The number of nitrogens with two attached hydrogens (primary N) is 1. The summed E-state index contributed by atoms with van der Waals surface area (Å²) in [6, 6.07) is -1.06. The van der Waals surface area contributed by atoms with Crippen LogP contribution < -0.4 is 11.1 Å². The summed E-state index contributed by atoms with van der Waals surface area (Å²) in [5.74, 6) is -1.30. The van der Waals surface area contributed by atoms with Gasteiger partial charge in [-0.15, -0.1) is 0 Å². The van der Waals surface area contributed by atoms with Crippen molar-refractivity contribution in [3.8, 4) is 0 Å². The largest absolute Gasteiger partial charge is 0.454 e. The van der Waals surface area contributed by atoms with Crippen LogP contribution in [0.2, 0.25) is 0 Å². The van der Waals surface area contributed by atoms with E-state index in [1.165, 1.54) is 13.8 Å². The number of urea groups is 1. The van der Waals surface area contributed by atoms with E-state index < -0.39 is 57.2 Å². The van der Waals surface area contributed by atoms with Gasteiger partial charge in [-0.1, -0.05) is 29.5 Å². The van der Waals surface area contributed by atoms with E-state index in [4.69, 9.17) is 22.1 Å². The molecule has 30 heavy (non-hydrogen) atoms. The summed E-state index contributed by atoms with van der Waals surface area (Å²) in [6.45, 7) is 2.98. The first-order valence-electron chi connectivity index (χ1n) is 8.36. The second-order valence-corrected chi connectivity index (χ2v) is 10.6. The third kappa shape index (κ3) is 5.13. The number of aliphatic hydroxyl groups is 2. The number of ketones is 1. The van der Waals surface area contributed by atoms with E-state index in [-0.39, 0.29) is 14.7 Å². The van der Waals surface area contributed by atoms with Gasteiger partial charge in [0.15, 0.2) is 11.6 Å². The van der Waals surface area contributed by atoms with E-state index in [2.05, 4.69) is 5.32 Å². The number of hydrogen-bond donors (Lipinski definition) is 4. The smallest absolute Gasteiger partial charge is 0.313 e. The van der Waals surface area contributed by atoms with E-state index in [1.807, 2.05) is 22.6 Å². The summed E-state index contributed by atoms with van der Waals surface area (Å²) < 4.78 is 4.51. The Kier molecular flexibility index (Phi) is 10.0. The van der Waals surface area contributed by atoms with Crippen molar-refractivity contribution >= 4 is 102 Å². The van der Waals surface area contributed by atoms with Gasteiger partial charge in [0, 0.05) is 25.1 Å². The molecule has 0 aromatic carbocycles. The number of primary amides is 1. The summed E-state index contributed by atoms with van der Waals surface area (Å²) in [5, 5.41) is 21.3. The number of amides is 2. The van der Waals surface area contributed by atoms with E-state index in [1.54, 1.807) is 45.2 Å². The van der Waals surface area contributed by atoms with Gasteiger partial charge in [0.2, 0.25) is 5.78 Å². The molecule has 0 heterocycles. The van der Waals surface area contributed by atoms with Crippen molar-refractivity contribution in [1.29, 1.82) is 0 Å². The van der Waals surface area contributed by atoms with Gasteiger partial charge in [-0.05, 0) is 69.3 Å². The molecule has 2 amide bonds. The topological polar surface area (TPSA) is 156 Å². The lowest BCUT2D eigenvalue weighted by Gasteiger charge is -2.44. The van der Waals surface area contributed by atoms with Gasteiger partial charge in [0.25, 0.3) is 5.24 Å². The average molecular weight is 781 g/mol. The Morgan fingerprint density at radius 1 is 1.30 bits per heavy atom. The first kappa shape index (κ1) is 28.0. The fraction of sp³-hybridized carbons (Fsp3) is 0.529. The lowest BCUT2D eigenvalue weighted by Crippen LogP contribution is -2.63. The molecule has 0 saturated carbocycles. The Morgan fingerprint density at radius 3 is 2.17 bits per heavy atom. The zero-order valence-electron chi connectivity index (χ0n) is 16.1. The fourth-order valence-electron chi connectivity index (χ4n) is 2.91. The Bertz CT molecular complexity index is 841. The predicted octanol–water partition coefficient (Wildman–Crippen LogP) is 1.87. The minimum absolute atomic E-state index is 0.0382. The second kappa shape index (κ2) is 10.7. The third-order valence-electron chi connectivity index (χ3n) is 4.56. The van der Waals surface area contributed by atoms with Gasteiger partial charge >= 0.3 is 12.0 Å². The molecule has 13 heteroatoms. The molecular weight excluding hydrogens is 760 g/mol. The highest BCUT2D eigenvalue weighted by Crippen LogP contribution is 2.53. The van der Waals surface area contributed by atoms with Crippen LogP contribution in [0.15, 0.2) is 18.3 Å². The molecule has 3 unspecified atom stereocenters. The van der Waals surface area contributed by atoms with Gasteiger partial charge in [0.1, 0.15) is 0 Å². The first-order chi connectivity index (χ1) is 13.7. The number of allylic oxidation sites excluding steroid dienone is 1. The predicted molar refractivity (Wildman–Crippen MR) is 135 cm³/mol. The first-order valence-corrected chi connectivity index (χ1v) is 12.1. The monoisotopic (exact) mass is 780 g/mol. The van der Waals surface area contributed by atoms with Crippen LogP contribution in [-0.4, -0.2) is 62.0 Å². The molecule has 0 aromatic rings. The van der Waals surface area contributed by atoms with Crippen LogP contribution in [0.5, 0.6) is 0 Å². The maximum Gasteiger partial charge on any atom is 0.313 e. The van der Waals surface area contributed by atoms with Crippen molar-refractivity contribution in [3.63, 3.8) is 0 Å². The number of nitrogens with one attached hydrogen (secondary N) is 1. The summed E-state index contributed by atoms with van der Waals surface area (Å²) >= 11 is 11.4. The van der Waals surface area contributed by atoms with Gasteiger partial charge < -0.3 is 26.0 Å². The minimum atomic E-state index is -1.94. The lowest BCUT2D eigenvalue weighted by molar-refractivity contribution is -0.150. The van der Waals surface area contributed by atoms with Crippen LogP contribution in [-0.2, 0) is 19.1 Å². The number of Topliss-reactive ketones (excluding diaryl/α,β-unsaturated/α-hetero) is 1. The molecular formula is C17H20ClI3N2O7. The van der Waals surface area contributed by atoms with Crippen molar-refractivity contribution in [1.82, 2.24) is 5.32 Å². The van der Waals surface area contributed by atoms with Gasteiger partial charge in [0.05, 0.1) is 17.1 Å². The van der Waals surface area contributed by atoms with Crippen LogP contribution in [0.25, 0.3) is 0 Å². The number of carbonyl (C=O) groups excluding carboxylic acids is 4. The highest BCUT2D eigenvalue weighted by atomic mass is 127. The van der Waals surface area contributed by atoms with Crippen molar-refractivity contribution in [2.24, 2.45) is 11.1 Å². The maximum atomic E-state index is 13.2. The van der Waals surface area contributed by atoms with Crippen molar-refractivity contribution in [2.75, 3.05) is 13.2 Å². The van der Waals surface area contributed by atoms with Crippen LogP contribution in [0.3, 0.4) is 0 Å². The Balaban J connectivity index is 3.99. The molecule has 1 aliphatic rings. The molecule has 9 nitrogen and oxygen atoms in total. The minimum Gasteiger partial charge on any atom is -0.454 e. The normalized spacial score (nSPS) is 23.2. The van der Waals surface area contributed by atoms with Crippen molar-refractivity contribution in [3.05, 3.63) is 18.3 Å². The molecule has 0 bridgehead atoms. The summed E-state index contributed by atoms with van der Waals surface area (Å²) in [6.07, 6.45) is -1.19. The zero-order chi connectivity index (χ0) is 23.6. The number of esters is 1. The number of aliphatic hydroxyl groups excluding tert-OH is 2. The molecule has 5 N–H and O–H groups in total. The number of ether oxygens (including phenoxy) is 1. The molecule has 0 saturated heterocycles. The Morgan fingerprint density at radius 2 is 1.80 bits per heavy atom. The Labute approximate surface area is 219 Å². The molecule has 1 rings (SSSR count). The zero-order valence-corrected chi connectivity index (χ0v) is 23.3. The average Bonchev–Trinajstić information content (AvgIpc) is 2.63. The summed E-state index contributed by atoms with van der Waals surface area (Å²) in [4.78, 5) is 49.0. The van der Waals surface area contributed by atoms with E-state index in [0.717, 1.165) is 6.92 Å². The molecule has 168 valence electrons. The van der Waals surface area contributed by atoms with Crippen LogP contribution >= 0.6 is 79.4 Å². The molecule has 0 aromatic heterocycles. The van der Waals surface area contributed by atoms with E-state index in [9.17, 15) is 29.4 Å². The van der Waals surface area contributed by atoms with Gasteiger partial charge in [-0.25, -0.2) is 4.79 Å². The standard InChI is InChI=1S/C17H20ClI3N2O7/c1-6(30-7(2)26)11(27)8-10(19)9(16(3,4-24)5-25)13(21)17(12(8)20,14(18)28)23-15(22)29/h6,12,24-25H,4-5H2,1-3H3,(H3,22,23,29). The van der Waals surface area contributed by atoms with Gasteiger partial charge in [-0.3, -0.25) is 14.4 Å². The van der Waals surface area contributed by atoms with Crippen LogP contribution in [0.4, 0.5) is 4.79 Å². The van der Waals surface area contributed by atoms with Gasteiger partial charge in [-0.2, -0.15) is 0 Å². The quantitative estimate of drug-likeness (QED) is 0.127. The van der Waals surface area contributed by atoms with E-state index >= 15 is 0 Å². The molecule has 1 aliphatic carbocycles. The second-order valence-electron chi connectivity index (χ2n) is 6.84. The summed E-state index contributed by atoms with van der Waals surface area (Å²) in [7, 11) is 0. The number of carbonyl (C=O) groups is 4. The SMILES string of the molecule is CC(=O)OC(C)C(=O)C1=C(I)C(C(C)(CO)CO)=C(I)C(NC(N)=O)(C(=O)Cl)C1I. The Hall–Kier alpha value is -0.0400. The lowest BCUT2D eigenvalue weighted by atomic mass is 9.73. The molecule has 0 radical (unpaired) electrons. The van der Waals surface area contributed by atoms with Crippen molar-refractivity contribution < 1.29 is 34.1 Å². The van der Waals surface area contributed by atoms with E-state index in [0.29, 0.717) is 3.58 Å². The number of rotatable bonds is 8. The molecule has 0 fully saturated rings. The molecule has 0 spiro atoms. The highest BCUT2D eigenvalue weighted by Gasteiger charge is 2.57. The summed E-state index contributed by atoms with van der Waals surface area (Å²) in [5.41, 5.74) is 2.37. The number of hydrogen-bond acceptors (Lipinski definition) is 7. The fourth-order valence-corrected chi connectivity index (χ4v) is 9.69. The molecule has 0 aliphatic heterocycles.